The number of carbonyl (C=O) groups excluding carboxylic acids is 1. The molecule has 1 aliphatic rings. The third-order valence-electron chi connectivity index (χ3n) is 4.72. The Morgan fingerprint density at radius 3 is 2.88 bits per heavy atom. The van der Waals surface area contributed by atoms with Crippen LogP contribution in [0.4, 0.5) is 4.79 Å². The molecule has 1 saturated carbocycles. The number of imidazole rings is 1. The second kappa shape index (κ2) is 7.21. The second-order valence-corrected chi connectivity index (χ2v) is 6.82. The van der Waals surface area contributed by atoms with Crippen molar-refractivity contribution in [3.05, 3.63) is 30.1 Å². The average molecular weight is 330 g/mol. The van der Waals surface area contributed by atoms with E-state index in [0.717, 1.165) is 55.4 Å². The zero-order chi connectivity index (χ0) is 17.0. The van der Waals surface area contributed by atoms with E-state index in [-0.39, 0.29) is 6.03 Å². The lowest BCUT2D eigenvalue weighted by atomic mass is 10.0. The maximum absolute atomic E-state index is 12.1. The van der Waals surface area contributed by atoms with E-state index in [9.17, 15) is 9.90 Å². The minimum atomic E-state index is -0.694. The molecule has 1 fully saturated rings. The molecular formula is C18H26N4O2. The molecule has 0 atom stereocenters. The molecule has 130 valence electrons. The number of H-pyrrole nitrogens is 1. The van der Waals surface area contributed by atoms with Crippen LogP contribution in [0.5, 0.6) is 0 Å². The Hall–Kier alpha value is -2.08. The Balaban J connectivity index is 1.40. The van der Waals surface area contributed by atoms with E-state index < -0.39 is 5.60 Å². The van der Waals surface area contributed by atoms with Gasteiger partial charge in [0, 0.05) is 20.0 Å². The number of nitrogens with zero attached hydrogens (tertiary/aromatic N) is 2. The number of aliphatic hydroxyl groups is 1. The van der Waals surface area contributed by atoms with Crippen LogP contribution in [0.15, 0.2) is 24.3 Å². The van der Waals surface area contributed by atoms with Crippen molar-refractivity contribution in [3.8, 4) is 0 Å². The molecule has 3 N–H and O–H groups in total. The van der Waals surface area contributed by atoms with Crippen LogP contribution >= 0.6 is 0 Å². The molecule has 0 radical (unpaired) electrons. The molecule has 2 aromatic rings. The van der Waals surface area contributed by atoms with E-state index in [1.165, 1.54) is 0 Å². The highest BCUT2D eigenvalue weighted by atomic mass is 16.3. The van der Waals surface area contributed by atoms with Crippen molar-refractivity contribution in [2.45, 2.75) is 44.1 Å². The Bertz CT molecular complexity index is 658. The number of benzene rings is 1. The zero-order valence-electron chi connectivity index (χ0n) is 14.2. The number of likely N-dealkylation sites (N-methyl/N-ethyl adjacent to an activating group) is 1. The summed E-state index contributed by atoms with van der Waals surface area (Å²) in [6.07, 6.45) is 5.28. The molecule has 0 bridgehead atoms. The first-order valence-electron chi connectivity index (χ1n) is 8.71. The Morgan fingerprint density at radius 2 is 2.12 bits per heavy atom. The van der Waals surface area contributed by atoms with Crippen LogP contribution < -0.4 is 5.32 Å². The van der Waals surface area contributed by atoms with Crippen molar-refractivity contribution in [2.24, 2.45) is 0 Å². The first-order chi connectivity index (χ1) is 11.6. The van der Waals surface area contributed by atoms with Crippen molar-refractivity contribution in [1.29, 1.82) is 0 Å². The number of carbonyl (C=O) groups is 1. The number of hydrogen-bond donors (Lipinski definition) is 3. The van der Waals surface area contributed by atoms with Crippen LogP contribution in [0.2, 0.25) is 0 Å². The third-order valence-corrected chi connectivity index (χ3v) is 4.72. The molecule has 3 rings (SSSR count). The fourth-order valence-corrected chi connectivity index (χ4v) is 3.41. The summed E-state index contributed by atoms with van der Waals surface area (Å²) in [5, 5.41) is 13.3. The van der Waals surface area contributed by atoms with Gasteiger partial charge in [-0.05, 0) is 31.4 Å². The quantitative estimate of drug-likeness (QED) is 0.712. The number of aromatic amines is 1. The summed E-state index contributed by atoms with van der Waals surface area (Å²) < 4.78 is 0. The number of aryl methyl sites for hydroxylation is 1. The van der Waals surface area contributed by atoms with Crippen molar-refractivity contribution >= 4 is 17.1 Å². The van der Waals surface area contributed by atoms with Gasteiger partial charge in [0.15, 0.2) is 0 Å². The Kier molecular flexibility index (Phi) is 5.04. The van der Waals surface area contributed by atoms with Gasteiger partial charge in [-0.1, -0.05) is 25.0 Å². The Morgan fingerprint density at radius 1 is 1.38 bits per heavy atom. The van der Waals surface area contributed by atoms with Crippen LogP contribution in [0.25, 0.3) is 11.0 Å². The SMILES string of the molecule is CN(CC1(O)CCCC1)C(=O)NCCCc1nc2ccccc2[nH]1. The monoisotopic (exact) mass is 330 g/mol. The predicted molar refractivity (Wildman–Crippen MR) is 93.9 cm³/mol. The van der Waals surface area contributed by atoms with E-state index in [1.807, 2.05) is 24.3 Å². The van der Waals surface area contributed by atoms with E-state index in [2.05, 4.69) is 15.3 Å². The van der Waals surface area contributed by atoms with Crippen molar-refractivity contribution in [2.75, 3.05) is 20.1 Å². The number of fused-ring (bicyclic) bond motifs is 1. The number of para-hydroxylation sites is 2. The molecule has 1 aliphatic carbocycles. The van der Waals surface area contributed by atoms with Gasteiger partial charge in [-0.2, -0.15) is 0 Å². The molecule has 6 heteroatoms. The average Bonchev–Trinajstić information content (AvgIpc) is 3.17. The lowest BCUT2D eigenvalue weighted by Crippen LogP contribution is -2.46. The molecule has 0 saturated heterocycles. The first-order valence-corrected chi connectivity index (χ1v) is 8.71. The third kappa shape index (κ3) is 4.06. The lowest BCUT2D eigenvalue weighted by Gasteiger charge is -2.28. The molecular weight excluding hydrogens is 304 g/mol. The maximum Gasteiger partial charge on any atom is 0.317 e. The van der Waals surface area contributed by atoms with E-state index in [0.29, 0.717) is 13.1 Å². The molecule has 1 aromatic carbocycles. The molecule has 1 heterocycles. The van der Waals surface area contributed by atoms with Gasteiger partial charge in [-0.15, -0.1) is 0 Å². The number of nitrogens with one attached hydrogen (secondary N) is 2. The van der Waals surface area contributed by atoms with Gasteiger partial charge in [0.2, 0.25) is 0 Å². The van der Waals surface area contributed by atoms with Gasteiger partial charge in [0.05, 0.1) is 23.2 Å². The van der Waals surface area contributed by atoms with Crippen molar-refractivity contribution in [3.63, 3.8) is 0 Å². The van der Waals surface area contributed by atoms with Crippen LogP contribution in [0, 0.1) is 0 Å². The molecule has 6 nitrogen and oxygen atoms in total. The molecule has 24 heavy (non-hydrogen) atoms. The van der Waals surface area contributed by atoms with Crippen molar-refractivity contribution in [1.82, 2.24) is 20.2 Å². The van der Waals surface area contributed by atoms with Gasteiger partial charge in [-0.25, -0.2) is 9.78 Å². The van der Waals surface area contributed by atoms with Crippen LogP contribution in [-0.2, 0) is 6.42 Å². The maximum atomic E-state index is 12.1. The minimum Gasteiger partial charge on any atom is -0.388 e. The van der Waals surface area contributed by atoms with Gasteiger partial charge in [0.1, 0.15) is 5.82 Å². The fourth-order valence-electron chi connectivity index (χ4n) is 3.41. The van der Waals surface area contributed by atoms with E-state index in [1.54, 1.807) is 11.9 Å². The van der Waals surface area contributed by atoms with Gasteiger partial charge < -0.3 is 20.3 Å². The van der Waals surface area contributed by atoms with E-state index >= 15 is 0 Å². The van der Waals surface area contributed by atoms with Gasteiger partial charge in [-0.3, -0.25) is 0 Å². The highest BCUT2D eigenvalue weighted by Crippen LogP contribution is 2.29. The minimum absolute atomic E-state index is 0.125. The normalized spacial score (nSPS) is 16.4. The molecule has 0 spiro atoms. The summed E-state index contributed by atoms with van der Waals surface area (Å²) in [6.45, 7) is 1.00. The standard InChI is InChI=1S/C18H26N4O2/c1-22(13-18(24)10-4-5-11-18)17(23)19-12-6-9-16-20-14-7-2-3-8-15(14)21-16/h2-3,7-8,24H,4-6,9-13H2,1H3,(H,19,23)(H,20,21). The summed E-state index contributed by atoms with van der Waals surface area (Å²) in [4.78, 5) is 21.5. The topological polar surface area (TPSA) is 81.2 Å². The number of hydrogen-bond acceptors (Lipinski definition) is 3. The van der Waals surface area contributed by atoms with E-state index in [4.69, 9.17) is 0 Å². The number of urea groups is 1. The Labute approximate surface area is 142 Å². The summed E-state index contributed by atoms with van der Waals surface area (Å²) >= 11 is 0. The largest absolute Gasteiger partial charge is 0.388 e. The smallest absolute Gasteiger partial charge is 0.317 e. The number of rotatable bonds is 6. The summed E-state index contributed by atoms with van der Waals surface area (Å²) in [7, 11) is 1.74. The highest BCUT2D eigenvalue weighted by molar-refractivity contribution is 5.75. The molecule has 0 aliphatic heterocycles. The first kappa shape index (κ1) is 16.8. The van der Waals surface area contributed by atoms with Crippen LogP contribution in [0.3, 0.4) is 0 Å². The number of amides is 2. The second-order valence-electron chi connectivity index (χ2n) is 6.82. The zero-order valence-corrected chi connectivity index (χ0v) is 14.2. The van der Waals surface area contributed by atoms with Crippen LogP contribution in [-0.4, -0.2) is 51.7 Å². The summed E-state index contributed by atoms with van der Waals surface area (Å²) in [6, 6.07) is 7.83. The van der Waals surface area contributed by atoms with Crippen LogP contribution in [0.1, 0.15) is 37.9 Å². The predicted octanol–water partition coefficient (Wildman–Crippen LogP) is 2.44. The van der Waals surface area contributed by atoms with Gasteiger partial charge >= 0.3 is 6.03 Å². The highest BCUT2D eigenvalue weighted by Gasteiger charge is 2.33. The summed E-state index contributed by atoms with van der Waals surface area (Å²) in [5.41, 5.74) is 1.32. The molecule has 1 aromatic heterocycles. The lowest BCUT2D eigenvalue weighted by molar-refractivity contribution is 0.0247. The molecule has 0 unspecified atom stereocenters. The number of aromatic nitrogens is 2. The van der Waals surface area contributed by atoms with Gasteiger partial charge in [0.25, 0.3) is 0 Å². The fraction of sp³-hybridized carbons (Fsp3) is 0.556. The summed E-state index contributed by atoms with van der Waals surface area (Å²) in [5.74, 6) is 0.944. The molecule has 2 amide bonds. The van der Waals surface area contributed by atoms with Crippen molar-refractivity contribution < 1.29 is 9.90 Å².